The minimum Gasteiger partial charge on any atom is -0.372 e. The molecule has 138 valence electrons. The standard InChI is InChI=1S/C21H23N5O/c1-15-4-6-16(7-5-15)20(27)26-14-19(24-21(26)22)23-17-8-10-18(11-9-17)25-12-2-3-13-25/h4-11,14,23H,2-3,12-13H2,1H3,(H2,22,24). The van der Waals surface area contributed by atoms with Gasteiger partial charge in [-0.05, 0) is 56.2 Å². The summed E-state index contributed by atoms with van der Waals surface area (Å²) in [5.74, 6) is 0.510. The van der Waals surface area contributed by atoms with Gasteiger partial charge in [0.1, 0.15) is 0 Å². The Labute approximate surface area is 158 Å². The molecule has 0 radical (unpaired) electrons. The van der Waals surface area contributed by atoms with Crippen LogP contribution in [-0.4, -0.2) is 28.5 Å². The smallest absolute Gasteiger partial charge is 0.264 e. The molecular formula is C21H23N5O. The third-order valence-corrected chi connectivity index (χ3v) is 4.86. The molecule has 0 aliphatic carbocycles. The quantitative estimate of drug-likeness (QED) is 0.739. The van der Waals surface area contributed by atoms with Crippen LogP contribution in [0.2, 0.25) is 0 Å². The van der Waals surface area contributed by atoms with E-state index >= 15 is 0 Å². The zero-order valence-electron chi connectivity index (χ0n) is 15.4. The second kappa shape index (κ2) is 7.15. The van der Waals surface area contributed by atoms with Crippen LogP contribution in [0.5, 0.6) is 0 Å². The number of aromatic nitrogens is 2. The number of aryl methyl sites for hydroxylation is 1. The molecule has 4 rings (SSSR count). The van der Waals surface area contributed by atoms with Crippen molar-refractivity contribution in [2.45, 2.75) is 19.8 Å². The zero-order chi connectivity index (χ0) is 18.8. The van der Waals surface area contributed by atoms with E-state index in [1.54, 1.807) is 18.3 Å². The first kappa shape index (κ1) is 17.1. The Hall–Kier alpha value is -3.28. The van der Waals surface area contributed by atoms with E-state index in [1.165, 1.54) is 23.1 Å². The van der Waals surface area contributed by atoms with Crippen LogP contribution in [0.4, 0.5) is 23.1 Å². The first-order valence-corrected chi connectivity index (χ1v) is 9.18. The maximum atomic E-state index is 12.6. The Morgan fingerprint density at radius 2 is 1.70 bits per heavy atom. The van der Waals surface area contributed by atoms with E-state index < -0.39 is 0 Å². The number of carbonyl (C=O) groups is 1. The largest absolute Gasteiger partial charge is 0.372 e. The summed E-state index contributed by atoms with van der Waals surface area (Å²) in [4.78, 5) is 19.3. The van der Waals surface area contributed by atoms with Gasteiger partial charge in [-0.2, -0.15) is 4.98 Å². The van der Waals surface area contributed by atoms with Crippen molar-refractivity contribution in [2.75, 3.05) is 29.0 Å². The summed E-state index contributed by atoms with van der Waals surface area (Å²) in [6.45, 7) is 4.22. The van der Waals surface area contributed by atoms with Gasteiger partial charge < -0.3 is 16.0 Å². The number of imidazole rings is 1. The molecule has 2 heterocycles. The summed E-state index contributed by atoms with van der Waals surface area (Å²) < 4.78 is 1.37. The van der Waals surface area contributed by atoms with E-state index in [0.717, 1.165) is 24.3 Å². The first-order valence-electron chi connectivity index (χ1n) is 9.18. The van der Waals surface area contributed by atoms with E-state index in [4.69, 9.17) is 5.73 Å². The number of benzene rings is 2. The van der Waals surface area contributed by atoms with Crippen LogP contribution >= 0.6 is 0 Å². The maximum absolute atomic E-state index is 12.6. The van der Waals surface area contributed by atoms with Crippen molar-refractivity contribution in [1.29, 1.82) is 0 Å². The number of nitrogens with one attached hydrogen (secondary N) is 1. The molecule has 1 aliphatic heterocycles. The van der Waals surface area contributed by atoms with Crippen LogP contribution in [0.3, 0.4) is 0 Å². The van der Waals surface area contributed by atoms with Gasteiger partial charge in [0.25, 0.3) is 5.91 Å². The number of nitrogens with two attached hydrogens (primary N) is 1. The molecule has 1 aliphatic rings. The van der Waals surface area contributed by atoms with Crippen LogP contribution in [0.25, 0.3) is 0 Å². The Bertz CT molecular complexity index is 938. The topological polar surface area (TPSA) is 76.2 Å². The van der Waals surface area contributed by atoms with Crippen LogP contribution in [0, 0.1) is 6.92 Å². The Balaban J connectivity index is 1.49. The second-order valence-corrected chi connectivity index (χ2v) is 6.89. The predicted molar refractivity (Wildman–Crippen MR) is 109 cm³/mol. The van der Waals surface area contributed by atoms with E-state index in [-0.39, 0.29) is 11.9 Å². The Kier molecular flexibility index (Phi) is 4.54. The van der Waals surface area contributed by atoms with Gasteiger partial charge in [-0.15, -0.1) is 0 Å². The lowest BCUT2D eigenvalue weighted by atomic mass is 10.1. The van der Waals surface area contributed by atoms with Crippen molar-refractivity contribution >= 4 is 29.0 Å². The van der Waals surface area contributed by atoms with Crippen molar-refractivity contribution in [3.8, 4) is 0 Å². The summed E-state index contributed by atoms with van der Waals surface area (Å²) in [6, 6.07) is 15.6. The van der Waals surface area contributed by atoms with Crippen LogP contribution in [0.15, 0.2) is 54.7 Å². The third-order valence-electron chi connectivity index (χ3n) is 4.86. The van der Waals surface area contributed by atoms with Crippen molar-refractivity contribution in [1.82, 2.24) is 9.55 Å². The van der Waals surface area contributed by atoms with E-state index in [9.17, 15) is 4.79 Å². The first-order chi connectivity index (χ1) is 13.1. The van der Waals surface area contributed by atoms with Gasteiger partial charge in [0.15, 0.2) is 5.82 Å². The average molecular weight is 361 g/mol. The minimum absolute atomic E-state index is 0.164. The van der Waals surface area contributed by atoms with Crippen LogP contribution in [0.1, 0.15) is 28.8 Å². The number of nitrogen functional groups attached to an aromatic ring is 1. The Morgan fingerprint density at radius 1 is 1.04 bits per heavy atom. The number of rotatable bonds is 4. The van der Waals surface area contributed by atoms with Gasteiger partial charge in [-0.25, -0.2) is 4.57 Å². The molecule has 2 aromatic carbocycles. The van der Waals surface area contributed by atoms with Gasteiger partial charge in [0.05, 0.1) is 6.20 Å². The number of hydrogen-bond acceptors (Lipinski definition) is 5. The molecule has 27 heavy (non-hydrogen) atoms. The normalized spacial score (nSPS) is 13.7. The van der Waals surface area contributed by atoms with Gasteiger partial charge in [-0.3, -0.25) is 4.79 Å². The van der Waals surface area contributed by atoms with Crippen molar-refractivity contribution in [3.63, 3.8) is 0 Å². The lowest BCUT2D eigenvalue weighted by Gasteiger charge is -2.17. The number of hydrogen-bond donors (Lipinski definition) is 2. The molecule has 6 nitrogen and oxygen atoms in total. The summed E-state index contributed by atoms with van der Waals surface area (Å²) in [7, 11) is 0. The summed E-state index contributed by atoms with van der Waals surface area (Å²) in [5.41, 5.74) is 9.77. The minimum atomic E-state index is -0.197. The summed E-state index contributed by atoms with van der Waals surface area (Å²) in [5, 5.41) is 3.22. The second-order valence-electron chi connectivity index (χ2n) is 6.89. The zero-order valence-corrected chi connectivity index (χ0v) is 15.4. The summed E-state index contributed by atoms with van der Waals surface area (Å²) >= 11 is 0. The van der Waals surface area contributed by atoms with E-state index in [1.807, 2.05) is 31.2 Å². The fourth-order valence-electron chi connectivity index (χ4n) is 3.33. The molecule has 3 N–H and O–H groups in total. The molecule has 0 saturated carbocycles. The number of anilines is 4. The van der Waals surface area contributed by atoms with E-state index in [0.29, 0.717) is 11.4 Å². The Morgan fingerprint density at radius 3 is 2.37 bits per heavy atom. The lowest BCUT2D eigenvalue weighted by Crippen LogP contribution is -2.17. The van der Waals surface area contributed by atoms with Gasteiger partial charge >= 0.3 is 0 Å². The fraction of sp³-hybridized carbons (Fsp3) is 0.238. The molecule has 1 saturated heterocycles. The van der Waals surface area contributed by atoms with Crippen LogP contribution in [-0.2, 0) is 0 Å². The highest BCUT2D eigenvalue weighted by Gasteiger charge is 2.15. The van der Waals surface area contributed by atoms with Gasteiger partial charge in [0, 0.05) is 30.0 Å². The molecule has 0 unspecified atom stereocenters. The molecule has 1 aromatic heterocycles. The van der Waals surface area contributed by atoms with E-state index in [2.05, 4.69) is 27.3 Å². The molecule has 3 aromatic rings. The highest BCUT2D eigenvalue weighted by molar-refractivity contribution is 5.97. The highest BCUT2D eigenvalue weighted by Crippen LogP contribution is 2.24. The number of nitrogens with zero attached hydrogens (tertiary/aromatic N) is 3. The van der Waals surface area contributed by atoms with Crippen molar-refractivity contribution in [2.24, 2.45) is 0 Å². The summed E-state index contributed by atoms with van der Waals surface area (Å²) in [6.07, 6.45) is 4.14. The van der Waals surface area contributed by atoms with Crippen molar-refractivity contribution in [3.05, 3.63) is 65.9 Å². The maximum Gasteiger partial charge on any atom is 0.264 e. The van der Waals surface area contributed by atoms with Gasteiger partial charge in [0.2, 0.25) is 5.95 Å². The number of carbonyl (C=O) groups excluding carboxylic acids is 1. The average Bonchev–Trinajstić information content (AvgIpc) is 3.32. The molecule has 0 bridgehead atoms. The predicted octanol–water partition coefficient (Wildman–Crippen LogP) is 3.81. The van der Waals surface area contributed by atoms with Gasteiger partial charge in [-0.1, -0.05) is 17.7 Å². The monoisotopic (exact) mass is 361 g/mol. The molecule has 0 amide bonds. The fourth-order valence-corrected chi connectivity index (χ4v) is 3.33. The molecular weight excluding hydrogens is 338 g/mol. The molecule has 0 atom stereocenters. The molecule has 6 heteroatoms. The van der Waals surface area contributed by atoms with Crippen LogP contribution < -0.4 is 16.0 Å². The lowest BCUT2D eigenvalue weighted by molar-refractivity contribution is 0.0962. The molecule has 1 fully saturated rings. The SMILES string of the molecule is Cc1ccc(C(=O)n2cc(Nc3ccc(N4CCCC4)cc3)nc2N)cc1. The van der Waals surface area contributed by atoms with Crippen molar-refractivity contribution < 1.29 is 4.79 Å². The third kappa shape index (κ3) is 3.65. The highest BCUT2D eigenvalue weighted by atomic mass is 16.2. The molecule has 0 spiro atoms.